The van der Waals surface area contributed by atoms with Crippen LogP contribution in [-0.4, -0.2) is 57.2 Å². The van der Waals surface area contributed by atoms with Crippen LogP contribution in [0.5, 0.6) is 0 Å². The summed E-state index contributed by atoms with van der Waals surface area (Å²) >= 11 is 0. The first-order chi connectivity index (χ1) is 12.6. The molecule has 0 spiro atoms. The number of carbonyl (C=O) groups is 2. The molecular weight excluding hydrogens is 342 g/mol. The Morgan fingerprint density at radius 1 is 1.22 bits per heavy atom. The van der Waals surface area contributed by atoms with Crippen molar-refractivity contribution in [3.8, 4) is 0 Å². The largest absolute Gasteiger partial charge is 0.350 e. The molecule has 3 heterocycles. The minimum Gasteiger partial charge on any atom is -0.350 e. The van der Waals surface area contributed by atoms with Gasteiger partial charge >= 0.3 is 0 Å². The van der Waals surface area contributed by atoms with E-state index in [-0.39, 0.29) is 17.4 Å². The minimum atomic E-state index is -0.192. The van der Waals surface area contributed by atoms with Gasteiger partial charge in [-0.3, -0.25) is 19.2 Å². The third-order valence-corrected chi connectivity index (χ3v) is 5.61. The van der Waals surface area contributed by atoms with Crippen LogP contribution >= 0.6 is 0 Å². The molecule has 2 amide bonds. The molecular formula is C20H33N5O2. The zero-order chi connectivity index (χ0) is 19.8. The number of piperidine rings is 1. The topological polar surface area (TPSA) is 79.3 Å². The predicted octanol–water partition coefficient (Wildman–Crippen LogP) is 1.62. The van der Waals surface area contributed by atoms with Crippen molar-refractivity contribution in [1.82, 2.24) is 25.3 Å². The lowest BCUT2D eigenvalue weighted by atomic mass is 9.90. The first kappa shape index (κ1) is 19.9. The molecule has 0 radical (unpaired) electrons. The van der Waals surface area contributed by atoms with E-state index >= 15 is 0 Å². The number of hydrogen-bond acceptors (Lipinski definition) is 4. The van der Waals surface area contributed by atoms with Crippen molar-refractivity contribution in [3.05, 3.63) is 17.5 Å². The van der Waals surface area contributed by atoms with Gasteiger partial charge in [-0.2, -0.15) is 5.10 Å². The molecule has 0 saturated carbocycles. The van der Waals surface area contributed by atoms with Gasteiger partial charge in [0.25, 0.3) is 5.91 Å². The summed E-state index contributed by atoms with van der Waals surface area (Å²) in [7, 11) is 1.79. The van der Waals surface area contributed by atoms with Crippen molar-refractivity contribution in [2.45, 2.75) is 71.0 Å². The van der Waals surface area contributed by atoms with Crippen LogP contribution in [0, 0.1) is 12.8 Å². The van der Waals surface area contributed by atoms with Gasteiger partial charge in [0.15, 0.2) is 0 Å². The monoisotopic (exact) mass is 375 g/mol. The third kappa shape index (κ3) is 4.89. The fourth-order valence-electron chi connectivity index (χ4n) is 4.59. The normalized spacial score (nSPS) is 25.4. The van der Waals surface area contributed by atoms with E-state index in [1.807, 2.05) is 33.8 Å². The second-order valence-corrected chi connectivity index (χ2v) is 9.20. The van der Waals surface area contributed by atoms with Crippen molar-refractivity contribution in [1.29, 1.82) is 0 Å². The maximum Gasteiger partial charge on any atom is 0.269 e. The van der Waals surface area contributed by atoms with Gasteiger partial charge in [0.2, 0.25) is 5.91 Å². The van der Waals surface area contributed by atoms with Crippen molar-refractivity contribution < 1.29 is 9.59 Å². The molecule has 2 atom stereocenters. The number of fused-ring (bicyclic) bond motifs is 2. The number of amides is 2. The molecule has 150 valence electrons. The van der Waals surface area contributed by atoms with E-state index < -0.39 is 0 Å². The summed E-state index contributed by atoms with van der Waals surface area (Å²) in [6, 6.07) is 2.72. The van der Waals surface area contributed by atoms with E-state index in [9.17, 15) is 9.59 Å². The molecule has 2 saturated heterocycles. The summed E-state index contributed by atoms with van der Waals surface area (Å²) in [5, 5.41) is 10.4. The number of nitrogens with zero attached hydrogens (tertiary/aromatic N) is 3. The Kier molecular flexibility index (Phi) is 5.60. The fraction of sp³-hybridized carbons (Fsp3) is 0.750. The maximum atomic E-state index is 12.4. The molecule has 7 nitrogen and oxygen atoms in total. The summed E-state index contributed by atoms with van der Waals surface area (Å²) in [5.41, 5.74) is 1.26. The van der Waals surface area contributed by atoms with Crippen LogP contribution in [0.3, 0.4) is 0 Å². The molecule has 0 aromatic carbocycles. The fourth-order valence-corrected chi connectivity index (χ4v) is 4.59. The van der Waals surface area contributed by atoms with Gasteiger partial charge in [0.1, 0.15) is 5.69 Å². The van der Waals surface area contributed by atoms with E-state index in [0.29, 0.717) is 36.8 Å². The molecule has 1 aromatic rings. The van der Waals surface area contributed by atoms with Crippen LogP contribution in [0.2, 0.25) is 0 Å². The standard InChI is InChI=1S/C20H33N5O2/c1-13-8-17(24(5)23-13)19(27)21-11-14-9-15-6-7-16(10-14)25(15)12-18(26)22-20(2,3)4/h8,14-16H,6-7,9-12H2,1-5H3,(H,21,27)(H,22,26). The molecule has 0 aliphatic carbocycles. The number of hydrogen-bond donors (Lipinski definition) is 2. The average molecular weight is 376 g/mol. The van der Waals surface area contributed by atoms with Crippen LogP contribution in [0.25, 0.3) is 0 Å². The Morgan fingerprint density at radius 2 is 1.85 bits per heavy atom. The van der Waals surface area contributed by atoms with Gasteiger partial charge in [0.05, 0.1) is 12.2 Å². The van der Waals surface area contributed by atoms with E-state index in [0.717, 1.165) is 31.4 Å². The van der Waals surface area contributed by atoms with E-state index in [2.05, 4.69) is 20.6 Å². The zero-order valence-corrected chi connectivity index (χ0v) is 17.2. The van der Waals surface area contributed by atoms with Crippen molar-refractivity contribution in [2.75, 3.05) is 13.1 Å². The van der Waals surface area contributed by atoms with Gasteiger partial charge in [-0.1, -0.05) is 0 Å². The Hall–Kier alpha value is -1.89. The quantitative estimate of drug-likeness (QED) is 0.820. The van der Waals surface area contributed by atoms with Crippen LogP contribution < -0.4 is 10.6 Å². The molecule has 3 rings (SSSR count). The minimum absolute atomic E-state index is 0.0579. The number of nitrogens with one attached hydrogen (secondary N) is 2. The number of aromatic nitrogens is 2. The summed E-state index contributed by atoms with van der Waals surface area (Å²) in [6.45, 7) is 9.10. The lowest BCUT2D eigenvalue weighted by Crippen LogP contribution is -2.52. The van der Waals surface area contributed by atoms with Gasteiger partial charge < -0.3 is 10.6 Å². The number of aryl methyl sites for hydroxylation is 2. The molecule has 2 bridgehead atoms. The second-order valence-electron chi connectivity index (χ2n) is 9.20. The first-order valence-electron chi connectivity index (χ1n) is 9.98. The van der Waals surface area contributed by atoms with Crippen LogP contribution in [0.1, 0.15) is 62.6 Å². The maximum absolute atomic E-state index is 12.4. The summed E-state index contributed by atoms with van der Waals surface area (Å²) in [4.78, 5) is 27.1. The van der Waals surface area contributed by atoms with Crippen LogP contribution in [-0.2, 0) is 11.8 Å². The lowest BCUT2D eigenvalue weighted by molar-refractivity contribution is -0.125. The molecule has 2 unspecified atom stereocenters. The summed E-state index contributed by atoms with van der Waals surface area (Å²) in [5.74, 6) is 0.526. The average Bonchev–Trinajstić information content (AvgIpc) is 2.98. The van der Waals surface area contributed by atoms with Gasteiger partial charge in [-0.15, -0.1) is 0 Å². The smallest absolute Gasteiger partial charge is 0.269 e. The number of rotatable bonds is 5. The first-order valence-corrected chi connectivity index (χ1v) is 9.98. The second kappa shape index (κ2) is 7.62. The Morgan fingerprint density at radius 3 is 2.37 bits per heavy atom. The Bertz CT molecular complexity index is 692. The molecule has 27 heavy (non-hydrogen) atoms. The van der Waals surface area contributed by atoms with Crippen molar-refractivity contribution in [2.24, 2.45) is 13.0 Å². The van der Waals surface area contributed by atoms with E-state index in [1.54, 1.807) is 11.7 Å². The molecule has 1 aromatic heterocycles. The SMILES string of the molecule is Cc1cc(C(=O)NCC2CC3CCC(C2)N3CC(=O)NC(C)(C)C)n(C)n1. The Balaban J connectivity index is 1.50. The third-order valence-electron chi connectivity index (χ3n) is 5.61. The molecule has 2 aliphatic rings. The Labute approximate surface area is 161 Å². The van der Waals surface area contributed by atoms with E-state index in [4.69, 9.17) is 0 Å². The van der Waals surface area contributed by atoms with Crippen molar-refractivity contribution >= 4 is 11.8 Å². The summed E-state index contributed by atoms with van der Waals surface area (Å²) < 4.78 is 1.63. The zero-order valence-electron chi connectivity index (χ0n) is 17.2. The van der Waals surface area contributed by atoms with Gasteiger partial charge in [0, 0.05) is 31.2 Å². The highest BCUT2D eigenvalue weighted by atomic mass is 16.2. The highest BCUT2D eigenvalue weighted by Crippen LogP contribution is 2.38. The van der Waals surface area contributed by atoms with Crippen LogP contribution in [0.4, 0.5) is 0 Å². The number of carbonyl (C=O) groups excluding carboxylic acids is 2. The summed E-state index contributed by atoms with van der Waals surface area (Å²) in [6.07, 6.45) is 4.39. The highest BCUT2D eigenvalue weighted by Gasteiger charge is 2.41. The van der Waals surface area contributed by atoms with Gasteiger partial charge in [-0.25, -0.2) is 0 Å². The molecule has 7 heteroatoms. The molecule has 2 aliphatic heterocycles. The molecule has 2 N–H and O–H groups in total. The predicted molar refractivity (Wildman–Crippen MR) is 104 cm³/mol. The molecule has 2 fully saturated rings. The van der Waals surface area contributed by atoms with E-state index in [1.165, 1.54) is 0 Å². The highest BCUT2D eigenvalue weighted by molar-refractivity contribution is 5.92. The van der Waals surface area contributed by atoms with Crippen LogP contribution in [0.15, 0.2) is 6.07 Å². The van der Waals surface area contributed by atoms with Crippen molar-refractivity contribution in [3.63, 3.8) is 0 Å². The lowest BCUT2D eigenvalue weighted by Gasteiger charge is -2.39. The van der Waals surface area contributed by atoms with Gasteiger partial charge in [-0.05, 0) is 65.4 Å².